The van der Waals surface area contributed by atoms with Crippen molar-refractivity contribution in [3.05, 3.63) is 40.9 Å². The molecule has 0 bridgehead atoms. The second-order valence-electron chi connectivity index (χ2n) is 7.61. The maximum atomic E-state index is 12.4. The van der Waals surface area contributed by atoms with E-state index in [0.717, 1.165) is 52.6 Å². The van der Waals surface area contributed by atoms with Crippen molar-refractivity contribution in [1.29, 1.82) is 0 Å². The van der Waals surface area contributed by atoms with Crippen LogP contribution in [0.25, 0.3) is 0 Å². The monoisotopic (exact) mass is 492 g/mol. The van der Waals surface area contributed by atoms with Gasteiger partial charge < -0.3 is 15.0 Å². The molecule has 30 heavy (non-hydrogen) atoms. The largest absolute Gasteiger partial charge is 0.379 e. The topological polar surface area (TPSA) is 67.3 Å². The second-order valence-corrected chi connectivity index (χ2v) is 9.62. The van der Waals surface area contributed by atoms with E-state index < -0.39 is 0 Å². The Labute approximate surface area is 191 Å². The number of ether oxygens (including phenoxy) is 1. The number of aromatic nitrogens is 2. The van der Waals surface area contributed by atoms with Gasteiger partial charge in [0.2, 0.25) is 5.91 Å². The molecule has 1 saturated heterocycles. The fourth-order valence-corrected chi connectivity index (χ4v) is 4.27. The van der Waals surface area contributed by atoms with Crippen molar-refractivity contribution >= 4 is 39.4 Å². The summed E-state index contributed by atoms with van der Waals surface area (Å²) in [6.45, 7) is 7.04. The number of benzene rings is 1. The van der Waals surface area contributed by atoms with Crippen molar-refractivity contribution < 1.29 is 9.53 Å². The third-order valence-corrected chi connectivity index (χ3v) is 6.39. The van der Waals surface area contributed by atoms with E-state index >= 15 is 0 Å². The van der Waals surface area contributed by atoms with Crippen LogP contribution in [0.2, 0.25) is 0 Å². The van der Waals surface area contributed by atoms with Gasteiger partial charge in [0.15, 0.2) is 5.82 Å². The standard InChI is InChI=1S/C22H29BrN4O2S/c1-16(2)29-15-3-12-24-22(28)17-10-13-27(14-11-17)20-8-9-21(26-25-20)30-19-6-4-18(23)5-7-19/h4-9,16-17H,3,10-15H2,1-2H3,(H,24,28). The molecular formula is C22H29BrN4O2S. The van der Waals surface area contributed by atoms with Crippen molar-refractivity contribution in [3.63, 3.8) is 0 Å². The van der Waals surface area contributed by atoms with E-state index in [1.165, 1.54) is 0 Å². The third-order valence-electron chi connectivity index (χ3n) is 4.92. The highest BCUT2D eigenvalue weighted by molar-refractivity contribution is 9.10. The van der Waals surface area contributed by atoms with Crippen LogP contribution >= 0.6 is 27.7 Å². The van der Waals surface area contributed by atoms with Gasteiger partial charge in [-0.2, -0.15) is 0 Å². The summed E-state index contributed by atoms with van der Waals surface area (Å²) in [7, 11) is 0. The molecule has 1 amide bonds. The van der Waals surface area contributed by atoms with E-state index in [0.29, 0.717) is 13.2 Å². The molecule has 2 heterocycles. The molecule has 1 fully saturated rings. The number of halogens is 1. The molecule has 0 spiro atoms. The third kappa shape index (κ3) is 7.25. The summed E-state index contributed by atoms with van der Waals surface area (Å²) in [6.07, 6.45) is 2.77. The Morgan fingerprint density at radius 1 is 1.20 bits per heavy atom. The highest BCUT2D eigenvalue weighted by Gasteiger charge is 2.25. The van der Waals surface area contributed by atoms with E-state index in [1.54, 1.807) is 11.8 Å². The van der Waals surface area contributed by atoms with Crippen molar-refractivity contribution in [1.82, 2.24) is 15.5 Å². The average molecular weight is 493 g/mol. The maximum absolute atomic E-state index is 12.4. The number of amides is 1. The van der Waals surface area contributed by atoms with Gasteiger partial charge in [0.25, 0.3) is 0 Å². The highest BCUT2D eigenvalue weighted by atomic mass is 79.9. The first-order chi connectivity index (χ1) is 14.5. The van der Waals surface area contributed by atoms with Crippen molar-refractivity contribution in [2.45, 2.75) is 49.1 Å². The predicted octanol–water partition coefficient (Wildman–Crippen LogP) is 4.54. The molecule has 162 valence electrons. The van der Waals surface area contributed by atoms with Gasteiger partial charge in [0.1, 0.15) is 5.03 Å². The second kappa shape index (κ2) is 11.7. The number of carbonyl (C=O) groups is 1. The van der Waals surface area contributed by atoms with Gasteiger partial charge in [0, 0.05) is 41.5 Å². The first-order valence-corrected chi connectivity index (χ1v) is 12.0. The van der Waals surface area contributed by atoms with E-state index in [1.807, 2.05) is 38.1 Å². The molecule has 1 N–H and O–H groups in total. The molecule has 0 radical (unpaired) electrons. The fourth-order valence-electron chi connectivity index (χ4n) is 3.28. The van der Waals surface area contributed by atoms with Crippen molar-refractivity contribution in [2.75, 3.05) is 31.1 Å². The van der Waals surface area contributed by atoms with Crippen molar-refractivity contribution in [3.8, 4) is 0 Å². The van der Waals surface area contributed by atoms with Crippen LogP contribution in [0, 0.1) is 5.92 Å². The molecule has 1 aromatic carbocycles. The molecule has 3 rings (SSSR count). The lowest BCUT2D eigenvalue weighted by Crippen LogP contribution is -2.41. The van der Waals surface area contributed by atoms with Gasteiger partial charge in [-0.1, -0.05) is 27.7 Å². The molecule has 1 aliphatic rings. The lowest BCUT2D eigenvalue weighted by atomic mass is 9.96. The Balaban J connectivity index is 1.41. The Morgan fingerprint density at radius 2 is 1.93 bits per heavy atom. The summed E-state index contributed by atoms with van der Waals surface area (Å²) in [5, 5.41) is 12.7. The van der Waals surface area contributed by atoms with Gasteiger partial charge in [0.05, 0.1) is 6.10 Å². The Bertz CT molecular complexity index is 794. The predicted molar refractivity (Wildman–Crippen MR) is 124 cm³/mol. The Morgan fingerprint density at radius 3 is 2.57 bits per heavy atom. The molecule has 0 unspecified atom stereocenters. The number of hydrogen-bond donors (Lipinski definition) is 1. The summed E-state index contributed by atoms with van der Waals surface area (Å²) in [6, 6.07) is 12.2. The molecule has 2 aromatic rings. The van der Waals surface area contributed by atoms with Crippen LogP contribution in [0.4, 0.5) is 5.82 Å². The average Bonchev–Trinajstić information content (AvgIpc) is 2.75. The van der Waals surface area contributed by atoms with Gasteiger partial charge in [-0.25, -0.2) is 0 Å². The summed E-state index contributed by atoms with van der Waals surface area (Å²) < 4.78 is 6.56. The summed E-state index contributed by atoms with van der Waals surface area (Å²) in [4.78, 5) is 15.7. The van der Waals surface area contributed by atoms with Crippen LogP contribution < -0.4 is 10.2 Å². The molecule has 1 aliphatic heterocycles. The minimum atomic E-state index is 0.0764. The van der Waals surface area contributed by atoms with Crippen molar-refractivity contribution in [2.24, 2.45) is 5.92 Å². The SMILES string of the molecule is CC(C)OCCCNC(=O)C1CCN(c2ccc(Sc3ccc(Br)cc3)nn2)CC1. The zero-order valence-electron chi connectivity index (χ0n) is 17.5. The van der Waals surface area contributed by atoms with Crippen LogP contribution in [0.5, 0.6) is 0 Å². The highest BCUT2D eigenvalue weighted by Crippen LogP contribution is 2.28. The molecule has 6 nitrogen and oxygen atoms in total. The summed E-state index contributed by atoms with van der Waals surface area (Å²) in [5.74, 6) is 1.11. The van der Waals surface area contributed by atoms with E-state index in [-0.39, 0.29) is 17.9 Å². The number of hydrogen-bond acceptors (Lipinski definition) is 6. The van der Waals surface area contributed by atoms with Crippen LogP contribution in [-0.4, -0.2) is 48.4 Å². The van der Waals surface area contributed by atoms with E-state index in [4.69, 9.17) is 4.74 Å². The number of nitrogens with one attached hydrogen (secondary N) is 1. The fraction of sp³-hybridized carbons (Fsp3) is 0.500. The van der Waals surface area contributed by atoms with Gasteiger partial charge in [-0.15, -0.1) is 10.2 Å². The quantitative estimate of drug-likeness (QED) is 0.518. The van der Waals surface area contributed by atoms with Crippen LogP contribution in [-0.2, 0) is 9.53 Å². The summed E-state index contributed by atoms with van der Waals surface area (Å²) >= 11 is 5.04. The first kappa shape index (κ1) is 23.0. The van der Waals surface area contributed by atoms with Gasteiger partial charge in [-0.05, 0) is 69.5 Å². The molecule has 1 aromatic heterocycles. The van der Waals surface area contributed by atoms with Gasteiger partial charge >= 0.3 is 0 Å². The number of rotatable bonds is 9. The zero-order valence-corrected chi connectivity index (χ0v) is 19.9. The number of anilines is 1. The summed E-state index contributed by atoms with van der Waals surface area (Å²) in [5.41, 5.74) is 0. The zero-order chi connectivity index (χ0) is 21.3. The smallest absolute Gasteiger partial charge is 0.223 e. The molecule has 0 aliphatic carbocycles. The molecule has 0 atom stereocenters. The lowest BCUT2D eigenvalue weighted by Gasteiger charge is -2.31. The van der Waals surface area contributed by atoms with Gasteiger partial charge in [-0.3, -0.25) is 4.79 Å². The molecule has 0 saturated carbocycles. The first-order valence-electron chi connectivity index (χ1n) is 10.4. The van der Waals surface area contributed by atoms with Crippen LogP contribution in [0.1, 0.15) is 33.1 Å². The van der Waals surface area contributed by atoms with Crippen LogP contribution in [0.3, 0.4) is 0 Å². The Hall–Kier alpha value is -1.64. The van der Waals surface area contributed by atoms with Crippen LogP contribution in [0.15, 0.2) is 50.8 Å². The normalized spacial score (nSPS) is 14.9. The lowest BCUT2D eigenvalue weighted by molar-refractivity contribution is -0.125. The minimum absolute atomic E-state index is 0.0764. The Kier molecular flexibility index (Phi) is 8.96. The maximum Gasteiger partial charge on any atom is 0.223 e. The number of piperidine rings is 1. The number of carbonyl (C=O) groups excluding carboxylic acids is 1. The molecular weight excluding hydrogens is 464 g/mol. The van der Waals surface area contributed by atoms with E-state index in [9.17, 15) is 4.79 Å². The molecule has 8 heteroatoms. The van der Waals surface area contributed by atoms with E-state index in [2.05, 4.69) is 48.5 Å². The number of nitrogens with zero attached hydrogens (tertiary/aromatic N) is 3. The minimum Gasteiger partial charge on any atom is -0.379 e.